The Morgan fingerprint density at radius 2 is 2.03 bits per heavy atom. The van der Waals surface area contributed by atoms with Crippen LogP contribution in [0.15, 0.2) is 30.3 Å². The van der Waals surface area contributed by atoms with Crippen LogP contribution in [0.5, 0.6) is 0 Å². The van der Waals surface area contributed by atoms with Crippen LogP contribution in [0.2, 0.25) is 9.36 Å². The second kappa shape index (κ2) is 10.5. The van der Waals surface area contributed by atoms with E-state index in [4.69, 9.17) is 37.4 Å². The Hall–Kier alpha value is -2.14. The molecule has 0 saturated heterocycles. The van der Waals surface area contributed by atoms with Crippen molar-refractivity contribution in [1.29, 1.82) is 0 Å². The molecule has 2 heterocycles. The number of esters is 1. The van der Waals surface area contributed by atoms with Crippen LogP contribution < -0.4 is 5.32 Å². The molecule has 11 heteroatoms. The van der Waals surface area contributed by atoms with Gasteiger partial charge in [0.15, 0.2) is 6.29 Å². The van der Waals surface area contributed by atoms with E-state index < -0.39 is 29.6 Å². The first-order chi connectivity index (χ1) is 16.8. The molecule has 35 heavy (non-hydrogen) atoms. The van der Waals surface area contributed by atoms with E-state index in [0.717, 1.165) is 15.8 Å². The van der Waals surface area contributed by atoms with E-state index in [1.165, 1.54) is 32.7 Å². The molecule has 1 aliphatic carbocycles. The predicted molar refractivity (Wildman–Crippen MR) is 134 cm³/mol. The number of aromatic nitrogens is 1. The third kappa shape index (κ3) is 4.45. The number of amides is 1. The highest BCUT2D eigenvalue weighted by molar-refractivity contribution is 7.23. The second-order valence-electron chi connectivity index (χ2n) is 8.44. The summed E-state index contributed by atoms with van der Waals surface area (Å²) in [7, 11) is 4.10. The normalized spacial score (nSPS) is 19.8. The van der Waals surface area contributed by atoms with Gasteiger partial charge in [-0.1, -0.05) is 47.5 Å². The van der Waals surface area contributed by atoms with E-state index in [1.807, 2.05) is 24.3 Å². The Balaban J connectivity index is 1.76. The van der Waals surface area contributed by atoms with Gasteiger partial charge in [0.05, 0.1) is 22.3 Å². The van der Waals surface area contributed by atoms with Crippen molar-refractivity contribution in [3.8, 4) is 0 Å². The van der Waals surface area contributed by atoms with Gasteiger partial charge in [-0.2, -0.15) is 0 Å². The number of H-pyrrole nitrogens is 1. The molecule has 2 unspecified atom stereocenters. The number of aliphatic hydroxyl groups is 1. The Kier molecular flexibility index (Phi) is 7.75. The average molecular weight is 541 g/mol. The smallest absolute Gasteiger partial charge is 0.317 e. The average Bonchev–Trinajstić information content (AvgIpc) is 3.52. The number of aromatic amines is 1. The minimum Gasteiger partial charge on any atom is -0.468 e. The van der Waals surface area contributed by atoms with E-state index in [9.17, 15) is 14.7 Å². The summed E-state index contributed by atoms with van der Waals surface area (Å²) in [6.45, 7) is 0.168. The van der Waals surface area contributed by atoms with Crippen LogP contribution in [0.25, 0.3) is 10.2 Å². The molecule has 0 radical (unpaired) electrons. The summed E-state index contributed by atoms with van der Waals surface area (Å²) in [5.41, 5.74) is 1.16. The summed E-state index contributed by atoms with van der Waals surface area (Å²) < 4.78 is 17.0. The number of fused-ring (bicyclic) bond motifs is 2. The lowest BCUT2D eigenvalue weighted by molar-refractivity contribution is -0.203. The number of nitrogens with one attached hydrogen (secondary N) is 2. The molecule has 1 amide bonds. The van der Waals surface area contributed by atoms with Gasteiger partial charge < -0.3 is 29.6 Å². The van der Waals surface area contributed by atoms with Gasteiger partial charge in [-0.15, -0.1) is 11.3 Å². The number of methoxy groups -OCH3 is 3. The fourth-order valence-electron chi connectivity index (χ4n) is 5.09. The van der Waals surface area contributed by atoms with Crippen molar-refractivity contribution in [1.82, 2.24) is 10.3 Å². The third-order valence-electron chi connectivity index (χ3n) is 6.67. The van der Waals surface area contributed by atoms with E-state index in [-0.39, 0.29) is 18.9 Å². The molecule has 0 aliphatic heterocycles. The van der Waals surface area contributed by atoms with Gasteiger partial charge in [-0.3, -0.25) is 9.59 Å². The molecule has 1 aromatic carbocycles. The number of ether oxygens (including phenoxy) is 3. The van der Waals surface area contributed by atoms with Crippen LogP contribution >= 0.6 is 34.5 Å². The first-order valence-electron chi connectivity index (χ1n) is 10.9. The van der Waals surface area contributed by atoms with E-state index in [0.29, 0.717) is 27.0 Å². The standard InChI is InChI=1S/C24H26Cl2N2O6S/c1-32-9-8-24(22(30)33-2,23(31)34-3)17-13-7-5-4-6-12(13)10-14(17)28-21(29)15-11-16-19(27-15)18(25)20(26)35-16/h4-7,11,14,17,22,27,30H,8-10H2,1-3H3,(H,28,29)/t14-,17-,22?,24?/m1/s1. The fraction of sp³-hybridized carbons (Fsp3) is 0.417. The molecule has 8 nitrogen and oxygen atoms in total. The van der Waals surface area contributed by atoms with Crippen LogP contribution in [-0.4, -0.2) is 62.2 Å². The molecule has 4 atom stereocenters. The lowest BCUT2D eigenvalue weighted by Crippen LogP contribution is -2.55. The molecule has 3 N–H and O–H groups in total. The number of rotatable bonds is 9. The van der Waals surface area contributed by atoms with Crippen molar-refractivity contribution in [3.63, 3.8) is 0 Å². The Morgan fingerprint density at radius 3 is 2.69 bits per heavy atom. The topological polar surface area (TPSA) is 110 Å². The molecule has 0 fully saturated rings. The van der Waals surface area contributed by atoms with E-state index in [2.05, 4.69) is 10.3 Å². The van der Waals surface area contributed by atoms with Crippen LogP contribution in [0, 0.1) is 5.41 Å². The highest BCUT2D eigenvalue weighted by atomic mass is 35.5. The summed E-state index contributed by atoms with van der Waals surface area (Å²) in [5.74, 6) is -1.67. The number of thiophene rings is 1. The largest absolute Gasteiger partial charge is 0.468 e. The number of hydrogen-bond acceptors (Lipinski definition) is 7. The fourth-order valence-corrected chi connectivity index (χ4v) is 6.57. The van der Waals surface area contributed by atoms with Crippen molar-refractivity contribution in [2.24, 2.45) is 5.41 Å². The highest BCUT2D eigenvalue weighted by Gasteiger charge is 2.58. The first-order valence-corrected chi connectivity index (χ1v) is 12.5. The second-order valence-corrected chi connectivity index (χ2v) is 10.5. The lowest BCUT2D eigenvalue weighted by atomic mass is 9.68. The van der Waals surface area contributed by atoms with Crippen LogP contribution in [0.4, 0.5) is 0 Å². The van der Waals surface area contributed by atoms with Crippen molar-refractivity contribution in [3.05, 3.63) is 56.5 Å². The summed E-state index contributed by atoms with van der Waals surface area (Å²) in [5, 5.41) is 14.5. The molecule has 4 rings (SSSR count). The molecule has 0 saturated carbocycles. The Bertz CT molecular complexity index is 1240. The number of carbonyl (C=O) groups excluding carboxylic acids is 2. The maximum absolute atomic E-state index is 13.3. The number of aliphatic hydroxyl groups excluding tert-OH is 1. The van der Waals surface area contributed by atoms with Crippen LogP contribution in [0.1, 0.15) is 34.0 Å². The van der Waals surface area contributed by atoms with Gasteiger partial charge in [0, 0.05) is 32.8 Å². The van der Waals surface area contributed by atoms with Crippen molar-refractivity contribution in [2.75, 3.05) is 27.9 Å². The van der Waals surface area contributed by atoms with Crippen molar-refractivity contribution in [2.45, 2.75) is 31.1 Å². The van der Waals surface area contributed by atoms with Crippen molar-refractivity contribution >= 4 is 56.6 Å². The molecule has 0 spiro atoms. The van der Waals surface area contributed by atoms with Crippen LogP contribution in [-0.2, 0) is 25.4 Å². The zero-order valence-electron chi connectivity index (χ0n) is 19.4. The number of carbonyl (C=O) groups is 2. The SMILES string of the molecule is COCCC(C(=O)OC)(C(O)OC)[C@@H]1c2ccccc2C[C@H]1NC(=O)c1cc2sc(Cl)c(Cl)c2[nH]1. The van der Waals surface area contributed by atoms with Gasteiger partial charge >= 0.3 is 5.97 Å². The van der Waals surface area contributed by atoms with Gasteiger partial charge in [0.1, 0.15) is 15.4 Å². The monoisotopic (exact) mass is 540 g/mol. The van der Waals surface area contributed by atoms with Gasteiger partial charge in [-0.05, 0) is 30.0 Å². The molecule has 3 aromatic rings. The number of halogens is 2. The number of hydrogen-bond donors (Lipinski definition) is 3. The van der Waals surface area contributed by atoms with E-state index >= 15 is 0 Å². The molecule has 0 bridgehead atoms. The minimum absolute atomic E-state index is 0.114. The molecule has 2 aromatic heterocycles. The summed E-state index contributed by atoms with van der Waals surface area (Å²) in [6, 6.07) is 8.74. The molecule has 188 valence electrons. The number of benzene rings is 1. The van der Waals surface area contributed by atoms with Gasteiger partial charge in [-0.25, -0.2) is 0 Å². The van der Waals surface area contributed by atoms with Crippen molar-refractivity contribution < 1.29 is 28.9 Å². The first kappa shape index (κ1) is 25.9. The quantitative estimate of drug-likeness (QED) is 0.278. The lowest BCUT2D eigenvalue weighted by Gasteiger charge is -2.42. The molecular formula is C24H26Cl2N2O6S. The third-order valence-corrected chi connectivity index (χ3v) is 8.60. The Morgan fingerprint density at radius 1 is 1.29 bits per heavy atom. The summed E-state index contributed by atoms with van der Waals surface area (Å²) in [6.07, 6.45) is -0.934. The predicted octanol–water partition coefficient (Wildman–Crippen LogP) is 4.14. The minimum atomic E-state index is -1.53. The van der Waals surface area contributed by atoms with Gasteiger partial charge in [0.25, 0.3) is 5.91 Å². The summed E-state index contributed by atoms with van der Waals surface area (Å²) in [4.78, 5) is 29.7. The Labute approximate surface area is 216 Å². The zero-order chi connectivity index (χ0) is 25.3. The maximum atomic E-state index is 13.3. The highest BCUT2D eigenvalue weighted by Crippen LogP contribution is 2.50. The van der Waals surface area contributed by atoms with E-state index in [1.54, 1.807) is 6.07 Å². The molecular weight excluding hydrogens is 515 g/mol. The van der Waals surface area contributed by atoms with Crippen LogP contribution in [0.3, 0.4) is 0 Å². The zero-order valence-corrected chi connectivity index (χ0v) is 21.7. The molecule has 1 aliphatic rings. The van der Waals surface area contributed by atoms with Gasteiger partial charge in [0.2, 0.25) is 0 Å². The summed E-state index contributed by atoms with van der Waals surface area (Å²) >= 11 is 13.6. The maximum Gasteiger partial charge on any atom is 0.317 e.